The highest BCUT2D eigenvalue weighted by molar-refractivity contribution is 7.99. The van der Waals surface area contributed by atoms with E-state index in [0.29, 0.717) is 12.3 Å². The van der Waals surface area contributed by atoms with Gasteiger partial charge in [-0.15, -0.1) is 0 Å². The maximum absolute atomic E-state index is 13.5. The van der Waals surface area contributed by atoms with Crippen LogP contribution in [0, 0.1) is 0 Å². The molecule has 1 spiro atoms. The predicted molar refractivity (Wildman–Crippen MR) is 143 cm³/mol. The number of aliphatic hydroxyl groups excluding tert-OH is 1. The van der Waals surface area contributed by atoms with Crippen LogP contribution >= 0.6 is 11.8 Å². The maximum atomic E-state index is 13.5. The smallest absolute Gasteiger partial charge is 0.256 e. The van der Waals surface area contributed by atoms with E-state index >= 15 is 0 Å². The highest BCUT2D eigenvalue weighted by atomic mass is 32.2. The number of carbonyl (C=O) groups excluding carboxylic acids is 1. The van der Waals surface area contributed by atoms with Crippen LogP contribution in [0.15, 0.2) is 63.3 Å². The first-order valence-corrected chi connectivity index (χ1v) is 13.9. The van der Waals surface area contributed by atoms with Crippen molar-refractivity contribution in [2.75, 3.05) is 0 Å². The summed E-state index contributed by atoms with van der Waals surface area (Å²) < 4.78 is 5.68. The Labute approximate surface area is 218 Å². The number of benzene rings is 2. The number of hydrogen-bond donors (Lipinski definition) is 2. The van der Waals surface area contributed by atoms with Crippen molar-refractivity contribution in [2.45, 2.75) is 106 Å². The van der Waals surface area contributed by atoms with Gasteiger partial charge in [0.2, 0.25) is 0 Å². The van der Waals surface area contributed by atoms with E-state index < -0.39 is 17.4 Å². The van der Waals surface area contributed by atoms with Crippen LogP contribution in [-0.2, 0) is 11.3 Å². The van der Waals surface area contributed by atoms with Gasteiger partial charge in [0.15, 0.2) is 11.9 Å². The lowest BCUT2D eigenvalue weighted by Crippen LogP contribution is -2.43. The standard InChI is InChI=1S/C29H38N2O4S/c1-4-5-9-25-30-29(18-7-6-8-19-29)26(32)31(25)20-21-10-14-23(15-11-21)36-24-16-12-22(13-17-24)35-28(2,3)27(33)34/h10-17,27,33-34H,4-9,18-20H2,1-3H3. The van der Waals surface area contributed by atoms with E-state index in [9.17, 15) is 15.0 Å². The molecule has 2 aliphatic rings. The van der Waals surface area contributed by atoms with Crippen molar-refractivity contribution in [1.29, 1.82) is 0 Å². The minimum atomic E-state index is -1.57. The Hall–Kier alpha value is -2.35. The molecule has 1 aliphatic carbocycles. The number of aliphatic imine (C=N–C) groups is 1. The lowest BCUT2D eigenvalue weighted by Gasteiger charge is -2.29. The quantitative estimate of drug-likeness (QED) is 0.387. The van der Waals surface area contributed by atoms with Crippen LogP contribution in [-0.4, -0.2) is 44.3 Å². The second-order valence-corrected chi connectivity index (χ2v) is 11.6. The molecule has 0 atom stereocenters. The number of rotatable bonds is 10. The monoisotopic (exact) mass is 510 g/mol. The van der Waals surface area contributed by atoms with Crippen molar-refractivity contribution >= 4 is 23.5 Å². The van der Waals surface area contributed by atoms with Gasteiger partial charge in [0, 0.05) is 16.2 Å². The summed E-state index contributed by atoms with van der Waals surface area (Å²) >= 11 is 1.64. The van der Waals surface area contributed by atoms with E-state index in [1.807, 2.05) is 29.2 Å². The Kier molecular flexibility index (Phi) is 8.43. The Morgan fingerprint density at radius 1 is 1.03 bits per heavy atom. The SMILES string of the molecule is CCCCC1=NC2(CCCCC2)C(=O)N1Cc1ccc(Sc2ccc(OC(C)(C)C(O)O)cc2)cc1. The van der Waals surface area contributed by atoms with Gasteiger partial charge in [-0.05, 0) is 75.1 Å². The molecular weight excluding hydrogens is 472 g/mol. The third-order valence-electron chi connectivity index (χ3n) is 7.06. The fourth-order valence-corrected chi connectivity index (χ4v) is 5.61. The van der Waals surface area contributed by atoms with E-state index in [1.54, 1.807) is 25.6 Å². The first kappa shape index (κ1) is 26.7. The minimum absolute atomic E-state index is 0.200. The molecule has 1 heterocycles. The van der Waals surface area contributed by atoms with Gasteiger partial charge in [0.25, 0.3) is 5.91 Å². The molecule has 1 saturated carbocycles. The summed E-state index contributed by atoms with van der Waals surface area (Å²) in [6.07, 6.45) is 6.59. The molecule has 2 aromatic carbocycles. The highest BCUT2D eigenvalue weighted by Crippen LogP contribution is 2.39. The molecule has 4 rings (SSSR count). The number of amides is 1. The molecule has 0 bridgehead atoms. The number of carbonyl (C=O) groups is 1. The largest absolute Gasteiger partial charge is 0.483 e. The van der Waals surface area contributed by atoms with E-state index in [4.69, 9.17) is 9.73 Å². The molecule has 0 saturated heterocycles. The molecule has 1 amide bonds. The van der Waals surface area contributed by atoms with E-state index in [-0.39, 0.29) is 5.91 Å². The molecule has 0 aromatic heterocycles. The molecule has 0 radical (unpaired) electrons. The van der Waals surface area contributed by atoms with Crippen molar-refractivity contribution in [3.05, 3.63) is 54.1 Å². The molecule has 0 unspecified atom stereocenters. The van der Waals surface area contributed by atoms with Gasteiger partial charge in [-0.3, -0.25) is 14.7 Å². The molecule has 1 fully saturated rings. The Morgan fingerprint density at radius 2 is 1.64 bits per heavy atom. The van der Waals surface area contributed by atoms with Crippen LogP contribution in [0.1, 0.15) is 77.7 Å². The second kappa shape index (κ2) is 11.4. The minimum Gasteiger partial charge on any atom is -0.483 e. The Balaban J connectivity index is 1.40. The van der Waals surface area contributed by atoms with E-state index in [1.165, 1.54) is 6.42 Å². The fraction of sp³-hybridized carbons (Fsp3) is 0.517. The zero-order valence-corrected chi connectivity index (χ0v) is 22.4. The summed E-state index contributed by atoms with van der Waals surface area (Å²) in [5.41, 5.74) is -0.477. The van der Waals surface area contributed by atoms with Gasteiger partial charge in [-0.2, -0.15) is 0 Å². The molecule has 194 valence electrons. The van der Waals surface area contributed by atoms with Crippen molar-refractivity contribution in [3.63, 3.8) is 0 Å². The lowest BCUT2D eigenvalue weighted by atomic mass is 9.82. The van der Waals surface area contributed by atoms with Crippen LogP contribution in [0.4, 0.5) is 0 Å². The van der Waals surface area contributed by atoms with Crippen LogP contribution < -0.4 is 4.74 Å². The number of aliphatic hydroxyl groups is 2. The van der Waals surface area contributed by atoms with E-state index in [2.05, 4.69) is 31.2 Å². The number of amidine groups is 1. The number of nitrogens with zero attached hydrogens (tertiary/aromatic N) is 2. The van der Waals surface area contributed by atoms with Crippen molar-refractivity contribution in [2.24, 2.45) is 4.99 Å². The number of ether oxygens (including phenoxy) is 1. The number of unbranched alkanes of at least 4 members (excludes halogenated alkanes) is 1. The zero-order chi connectivity index (χ0) is 25.8. The maximum Gasteiger partial charge on any atom is 0.256 e. The molecule has 2 aromatic rings. The molecule has 2 N–H and O–H groups in total. The Morgan fingerprint density at radius 3 is 2.22 bits per heavy atom. The van der Waals surface area contributed by atoms with Gasteiger partial charge in [0.05, 0.1) is 6.54 Å². The molecule has 6 nitrogen and oxygen atoms in total. The zero-order valence-electron chi connectivity index (χ0n) is 21.6. The summed E-state index contributed by atoms with van der Waals surface area (Å²) in [5, 5.41) is 18.9. The van der Waals surface area contributed by atoms with Gasteiger partial charge >= 0.3 is 0 Å². The highest BCUT2D eigenvalue weighted by Gasteiger charge is 2.48. The summed E-state index contributed by atoms with van der Waals surface area (Å²) in [6.45, 7) is 6.01. The van der Waals surface area contributed by atoms with Crippen LogP contribution in [0.3, 0.4) is 0 Å². The lowest BCUT2D eigenvalue weighted by molar-refractivity contribution is -0.154. The van der Waals surface area contributed by atoms with Crippen molar-refractivity contribution < 1.29 is 19.7 Å². The topological polar surface area (TPSA) is 82.4 Å². The first-order chi connectivity index (χ1) is 17.2. The average Bonchev–Trinajstić information content (AvgIpc) is 3.10. The Bertz CT molecular complexity index is 1060. The summed E-state index contributed by atoms with van der Waals surface area (Å²) in [6, 6.07) is 16.0. The molecule has 36 heavy (non-hydrogen) atoms. The molecule has 1 aliphatic heterocycles. The van der Waals surface area contributed by atoms with Crippen LogP contribution in [0.5, 0.6) is 5.75 Å². The van der Waals surface area contributed by atoms with Crippen molar-refractivity contribution in [1.82, 2.24) is 4.90 Å². The van der Waals surface area contributed by atoms with E-state index in [0.717, 1.165) is 66.1 Å². The summed E-state index contributed by atoms with van der Waals surface area (Å²) in [4.78, 5) is 22.6. The van der Waals surface area contributed by atoms with Gasteiger partial charge in [-0.25, -0.2) is 0 Å². The average molecular weight is 511 g/mol. The summed E-state index contributed by atoms with van der Waals surface area (Å²) in [5.74, 6) is 1.76. The summed E-state index contributed by atoms with van der Waals surface area (Å²) in [7, 11) is 0. The molecule has 7 heteroatoms. The van der Waals surface area contributed by atoms with Gasteiger partial charge in [0.1, 0.15) is 17.1 Å². The third-order valence-corrected chi connectivity index (χ3v) is 8.07. The van der Waals surface area contributed by atoms with Crippen LogP contribution in [0.2, 0.25) is 0 Å². The van der Waals surface area contributed by atoms with Crippen LogP contribution in [0.25, 0.3) is 0 Å². The second-order valence-electron chi connectivity index (χ2n) is 10.4. The van der Waals surface area contributed by atoms with Gasteiger partial charge in [-0.1, -0.05) is 56.5 Å². The molecular formula is C29H38N2O4S. The van der Waals surface area contributed by atoms with Crippen molar-refractivity contribution in [3.8, 4) is 5.75 Å². The number of hydrogen-bond acceptors (Lipinski definition) is 6. The first-order valence-electron chi connectivity index (χ1n) is 13.1. The normalized spacial score (nSPS) is 17.7. The van der Waals surface area contributed by atoms with Gasteiger partial charge < -0.3 is 14.9 Å². The fourth-order valence-electron chi connectivity index (χ4n) is 4.79. The third kappa shape index (κ3) is 6.13. The predicted octanol–water partition coefficient (Wildman–Crippen LogP) is 5.94.